The zero-order valence-corrected chi connectivity index (χ0v) is 10.7. The lowest BCUT2D eigenvalue weighted by atomic mass is 10.2. The van der Waals surface area contributed by atoms with E-state index in [9.17, 15) is 18.0 Å². The SMILES string of the molecule is COC(=O)c1cnc2c(OC)sc(C(F)(F)F)c2c1. The standard InChI is InChI=1S/C11H8F3NO3S/c1-17-9(16)5-3-6-7(15-4-5)10(18-2)19-8(6)11(12,13)14/h3-4H,1-2H3. The molecule has 0 unspecified atom stereocenters. The molecule has 2 rings (SSSR count). The van der Waals surface area contributed by atoms with Crippen LogP contribution in [0, 0.1) is 0 Å². The van der Waals surface area contributed by atoms with Gasteiger partial charge in [-0.2, -0.15) is 13.2 Å². The normalized spacial score (nSPS) is 11.6. The molecule has 0 atom stereocenters. The van der Waals surface area contributed by atoms with Crippen molar-refractivity contribution in [2.45, 2.75) is 6.18 Å². The number of fused-ring (bicyclic) bond motifs is 1. The van der Waals surface area contributed by atoms with Gasteiger partial charge in [0.25, 0.3) is 0 Å². The van der Waals surface area contributed by atoms with Crippen molar-refractivity contribution in [3.63, 3.8) is 0 Å². The van der Waals surface area contributed by atoms with Gasteiger partial charge in [0.15, 0.2) is 0 Å². The van der Waals surface area contributed by atoms with Crippen LogP contribution in [0.1, 0.15) is 15.2 Å². The third-order valence-corrected chi connectivity index (χ3v) is 3.59. The molecule has 0 aliphatic rings. The Bertz CT molecular complexity index is 636. The molecular weight excluding hydrogens is 283 g/mol. The summed E-state index contributed by atoms with van der Waals surface area (Å²) in [6.45, 7) is 0. The van der Waals surface area contributed by atoms with Crippen LogP contribution >= 0.6 is 11.3 Å². The Hall–Kier alpha value is -1.83. The predicted molar refractivity (Wildman–Crippen MR) is 62.5 cm³/mol. The van der Waals surface area contributed by atoms with Crippen LogP contribution in [0.4, 0.5) is 13.2 Å². The van der Waals surface area contributed by atoms with Gasteiger partial charge in [-0.05, 0) is 6.07 Å². The van der Waals surface area contributed by atoms with Crippen LogP contribution in [0.15, 0.2) is 12.3 Å². The zero-order chi connectivity index (χ0) is 14.2. The third kappa shape index (κ3) is 2.35. The van der Waals surface area contributed by atoms with Crippen LogP contribution in [0.5, 0.6) is 5.06 Å². The first-order chi connectivity index (χ1) is 8.88. The van der Waals surface area contributed by atoms with Gasteiger partial charge >= 0.3 is 12.1 Å². The number of carbonyl (C=O) groups excluding carboxylic acids is 1. The molecule has 102 valence electrons. The van der Waals surface area contributed by atoms with Crippen molar-refractivity contribution in [2.24, 2.45) is 0 Å². The first kappa shape index (κ1) is 13.6. The molecular formula is C11H8F3NO3S. The van der Waals surface area contributed by atoms with Crippen LogP contribution < -0.4 is 4.74 Å². The predicted octanol–water partition coefficient (Wildman–Crippen LogP) is 3.11. The lowest BCUT2D eigenvalue weighted by molar-refractivity contribution is -0.133. The molecule has 0 saturated heterocycles. The average molecular weight is 291 g/mol. The zero-order valence-electron chi connectivity index (χ0n) is 9.87. The number of esters is 1. The van der Waals surface area contributed by atoms with Crippen molar-refractivity contribution < 1.29 is 27.4 Å². The summed E-state index contributed by atoms with van der Waals surface area (Å²) >= 11 is 0.446. The van der Waals surface area contributed by atoms with Gasteiger partial charge in [0, 0.05) is 11.6 Å². The van der Waals surface area contributed by atoms with Gasteiger partial charge in [0.05, 0.1) is 19.8 Å². The lowest BCUT2D eigenvalue weighted by Crippen LogP contribution is -2.04. The molecule has 0 aliphatic carbocycles. The average Bonchev–Trinajstić information content (AvgIpc) is 2.75. The van der Waals surface area contributed by atoms with E-state index in [0.717, 1.165) is 19.4 Å². The summed E-state index contributed by atoms with van der Waals surface area (Å²) in [7, 11) is 2.41. The van der Waals surface area contributed by atoms with Gasteiger partial charge in [-0.1, -0.05) is 11.3 Å². The molecule has 0 bridgehead atoms. The van der Waals surface area contributed by atoms with E-state index in [1.54, 1.807) is 0 Å². The maximum Gasteiger partial charge on any atom is 0.426 e. The second kappa shape index (κ2) is 4.69. The molecule has 8 heteroatoms. The van der Waals surface area contributed by atoms with E-state index < -0.39 is 17.0 Å². The van der Waals surface area contributed by atoms with Crippen molar-refractivity contribution in [1.29, 1.82) is 0 Å². The van der Waals surface area contributed by atoms with E-state index in [-0.39, 0.29) is 21.5 Å². The first-order valence-electron chi connectivity index (χ1n) is 5.00. The Labute approximate surface area is 109 Å². The molecule has 0 spiro atoms. The quantitative estimate of drug-likeness (QED) is 0.798. The minimum atomic E-state index is -4.53. The van der Waals surface area contributed by atoms with Gasteiger partial charge in [-0.3, -0.25) is 4.98 Å². The van der Waals surface area contributed by atoms with E-state index in [0.29, 0.717) is 11.3 Å². The minimum Gasteiger partial charge on any atom is -0.486 e. The fourth-order valence-corrected chi connectivity index (χ4v) is 2.48. The topological polar surface area (TPSA) is 48.4 Å². The van der Waals surface area contributed by atoms with Crippen LogP contribution in [-0.2, 0) is 10.9 Å². The summed E-state index contributed by atoms with van der Waals surface area (Å²) in [6.07, 6.45) is -3.38. The van der Waals surface area contributed by atoms with Crippen molar-refractivity contribution >= 4 is 28.2 Å². The van der Waals surface area contributed by atoms with E-state index in [4.69, 9.17) is 4.74 Å². The molecule has 0 saturated carbocycles. The maximum atomic E-state index is 12.9. The van der Waals surface area contributed by atoms with E-state index >= 15 is 0 Å². The fourth-order valence-electron chi connectivity index (χ4n) is 1.57. The molecule has 19 heavy (non-hydrogen) atoms. The van der Waals surface area contributed by atoms with Crippen molar-refractivity contribution in [1.82, 2.24) is 4.98 Å². The van der Waals surface area contributed by atoms with E-state index in [2.05, 4.69) is 9.72 Å². The molecule has 2 aromatic heterocycles. The number of pyridine rings is 1. The molecule has 0 radical (unpaired) electrons. The summed E-state index contributed by atoms with van der Waals surface area (Å²) in [5.41, 5.74) is 0.0356. The molecule has 4 nitrogen and oxygen atoms in total. The van der Waals surface area contributed by atoms with Gasteiger partial charge < -0.3 is 9.47 Å². The van der Waals surface area contributed by atoms with Crippen molar-refractivity contribution in [3.8, 4) is 5.06 Å². The van der Waals surface area contributed by atoms with Gasteiger partial charge in [0.1, 0.15) is 10.4 Å². The lowest BCUT2D eigenvalue weighted by Gasteiger charge is -2.04. The van der Waals surface area contributed by atoms with Crippen LogP contribution in [0.3, 0.4) is 0 Å². The molecule has 0 aliphatic heterocycles. The highest BCUT2D eigenvalue weighted by atomic mass is 32.1. The van der Waals surface area contributed by atoms with Crippen molar-refractivity contribution in [3.05, 3.63) is 22.7 Å². The molecule has 2 heterocycles. The number of ether oxygens (including phenoxy) is 2. The van der Waals surface area contributed by atoms with Gasteiger partial charge in [-0.25, -0.2) is 4.79 Å². The van der Waals surface area contributed by atoms with Crippen LogP contribution in [0.25, 0.3) is 10.9 Å². The number of hydrogen-bond acceptors (Lipinski definition) is 5. The largest absolute Gasteiger partial charge is 0.486 e. The summed E-state index contributed by atoms with van der Waals surface area (Å²) in [4.78, 5) is 14.3. The Kier molecular flexibility index (Phi) is 3.36. The van der Waals surface area contributed by atoms with Crippen molar-refractivity contribution in [2.75, 3.05) is 14.2 Å². The van der Waals surface area contributed by atoms with E-state index in [1.807, 2.05) is 0 Å². The number of hydrogen-bond donors (Lipinski definition) is 0. The Morgan fingerprint density at radius 2 is 2.05 bits per heavy atom. The Morgan fingerprint density at radius 3 is 2.58 bits per heavy atom. The number of aromatic nitrogens is 1. The van der Waals surface area contributed by atoms with Gasteiger partial charge in [0.2, 0.25) is 5.06 Å². The minimum absolute atomic E-state index is 0.0408. The summed E-state index contributed by atoms with van der Waals surface area (Å²) in [6, 6.07) is 1.11. The number of thiophene rings is 1. The fraction of sp³-hybridized carbons (Fsp3) is 0.273. The smallest absolute Gasteiger partial charge is 0.426 e. The summed E-state index contributed by atoms with van der Waals surface area (Å²) in [5, 5.41) is -0.115. The van der Waals surface area contributed by atoms with E-state index in [1.165, 1.54) is 7.11 Å². The molecule has 0 amide bonds. The number of carbonyl (C=O) groups is 1. The monoisotopic (exact) mass is 291 g/mol. The van der Waals surface area contributed by atoms with Crippen LogP contribution in [0.2, 0.25) is 0 Å². The summed E-state index contributed by atoms with van der Waals surface area (Å²) in [5.74, 6) is -0.743. The Morgan fingerprint density at radius 1 is 1.37 bits per heavy atom. The highest BCUT2D eigenvalue weighted by Crippen LogP contribution is 2.45. The second-order valence-corrected chi connectivity index (χ2v) is 4.52. The first-order valence-corrected chi connectivity index (χ1v) is 5.82. The second-order valence-electron chi connectivity index (χ2n) is 3.53. The number of nitrogens with zero attached hydrogens (tertiary/aromatic N) is 1. The Balaban J connectivity index is 2.72. The molecule has 0 fully saturated rings. The third-order valence-electron chi connectivity index (χ3n) is 2.38. The number of methoxy groups -OCH3 is 2. The highest BCUT2D eigenvalue weighted by Gasteiger charge is 2.36. The summed E-state index contributed by atoms with van der Waals surface area (Å²) < 4.78 is 48.0. The molecule has 0 aromatic carbocycles. The van der Waals surface area contributed by atoms with Crippen LogP contribution in [-0.4, -0.2) is 25.2 Å². The highest BCUT2D eigenvalue weighted by molar-refractivity contribution is 7.15. The number of halogens is 3. The number of rotatable bonds is 2. The molecule has 0 N–H and O–H groups in total. The maximum absolute atomic E-state index is 12.9. The van der Waals surface area contributed by atoms with Gasteiger partial charge in [-0.15, -0.1) is 0 Å². The molecule has 2 aromatic rings. The number of alkyl halides is 3.